The van der Waals surface area contributed by atoms with E-state index in [0.29, 0.717) is 17.7 Å². The van der Waals surface area contributed by atoms with E-state index in [1.807, 2.05) is 12.1 Å². The van der Waals surface area contributed by atoms with E-state index < -0.39 is 0 Å². The Morgan fingerprint density at radius 2 is 1.94 bits per heavy atom. The number of nitrogen functional groups attached to an aromatic ring is 1. The molecule has 0 radical (unpaired) electrons. The molecule has 0 atom stereocenters. The van der Waals surface area contributed by atoms with Crippen LogP contribution in [0, 0.1) is 12.7 Å². The highest BCUT2D eigenvalue weighted by Gasteiger charge is 2.06. The van der Waals surface area contributed by atoms with Gasteiger partial charge in [-0.05, 0) is 47.9 Å². The zero-order valence-electron chi connectivity index (χ0n) is 9.07. The van der Waals surface area contributed by atoms with Crippen LogP contribution in [0.1, 0.15) is 16.7 Å². The molecule has 3 heteroatoms. The van der Waals surface area contributed by atoms with Crippen LogP contribution in [0.25, 0.3) is 0 Å². The van der Waals surface area contributed by atoms with Crippen molar-refractivity contribution < 1.29 is 4.39 Å². The molecule has 1 aromatic heterocycles. The van der Waals surface area contributed by atoms with E-state index >= 15 is 0 Å². The normalized spacial score (nSPS) is 10.4. The van der Waals surface area contributed by atoms with E-state index in [2.05, 4.69) is 4.98 Å². The molecule has 0 aliphatic carbocycles. The maximum absolute atomic E-state index is 13.6. The predicted octanol–water partition coefficient (Wildman–Crippen LogP) is 2.70. The van der Waals surface area contributed by atoms with Crippen LogP contribution in [0.5, 0.6) is 0 Å². The van der Waals surface area contributed by atoms with E-state index in [4.69, 9.17) is 5.73 Å². The van der Waals surface area contributed by atoms with Crippen LogP contribution in [0.15, 0.2) is 36.7 Å². The predicted molar refractivity (Wildman–Crippen MR) is 62.6 cm³/mol. The van der Waals surface area contributed by atoms with E-state index in [1.165, 1.54) is 6.07 Å². The summed E-state index contributed by atoms with van der Waals surface area (Å²) >= 11 is 0. The molecule has 0 aliphatic rings. The summed E-state index contributed by atoms with van der Waals surface area (Å²) in [7, 11) is 0. The minimum atomic E-state index is -0.205. The topological polar surface area (TPSA) is 38.9 Å². The third-order valence-corrected chi connectivity index (χ3v) is 2.58. The zero-order valence-corrected chi connectivity index (χ0v) is 9.07. The summed E-state index contributed by atoms with van der Waals surface area (Å²) in [5.41, 5.74) is 8.81. The molecule has 0 bridgehead atoms. The van der Waals surface area contributed by atoms with Gasteiger partial charge in [0.05, 0.1) is 0 Å². The highest BCUT2D eigenvalue weighted by molar-refractivity contribution is 5.49. The molecule has 16 heavy (non-hydrogen) atoms. The second kappa shape index (κ2) is 4.31. The van der Waals surface area contributed by atoms with Crippen LogP contribution in [0.3, 0.4) is 0 Å². The number of hydrogen-bond acceptors (Lipinski definition) is 2. The van der Waals surface area contributed by atoms with Gasteiger partial charge in [-0.2, -0.15) is 0 Å². The maximum atomic E-state index is 13.6. The fraction of sp³-hybridized carbons (Fsp3) is 0.154. The summed E-state index contributed by atoms with van der Waals surface area (Å²) in [5.74, 6) is -0.205. The van der Waals surface area contributed by atoms with Crippen molar-refractivity contribution in [3.05, 3.63) is 59.2 Å². The van der Waals surface area contributed by atoms with E-state index in [9.17, 15) is 4.39 Å². The molecule has 2 rings (SSSR count). The Morgan fingerprint density at radius 3 is 2.62 bits per heavy atom. The molecule has 1 aromatic carbocycles. The van der Waals surface area contributed by atoms with Crippen molar-refractivity contribution in [2.45, 2.75) is 13.3 Å². The van der Waals surface area contributed by atoms with Gasteiger partial charge in [0, 0.05) is 24.5 Å². The second-order valence-corrected chi connectivity index (χ2v) is 3.83. The Balaban J connectivity index is 2.32. The lowest BCUT2D eigenvalue weighted by molar-refractivity contribution is 0.613. The third kappa shape index (κ3) is 2.19. The largest absolute Gasteiger partial charge is 0.399 e. The van der Waals surface area contributed by atoms with Crippen LogP contribution in [0.2, 0.25) is 0 Å². The van der Waals surface area contributed by atoms with Crippen LogP contribution < -0.4 is 5.73 Å². The van der Waals surface area contributed by atoms with Crippen molar-refractivity contribution in [3.8, 4) is 0 Å². The van der Waals surface area contributed by atoms with Crippen molar-refractivity contribution in [2.75, 3.05) is 5.73 Å². The zero-order chi connectivity index (χ0) is 11.5. The Labute approximate surface area is 93.9 Å². The van der Waals surface area contributed by atoms with Crippen molar-refractivity contribution >= 4 is 5.69 Å². The number of rotatable bonds is 2. The van der Waals surface area contributed by atoms with E-state index in [-0.39, 0.29) is 5.82 Å². The number of nitrogens with two attached hydrogens (primary N) is 1. The van der Waals surface area contributed by atoms with Gasteiger partial charge in [-0.25, -0.2) is 4.39 Å². The summed E-state index contributed by atoms with van der Waals surface area (Å²) in [4.78, 5) is 3.92. The Bertz CT molecular complexity index is 495. The molecule has 82 valence electrons. The molecule has 0 fully saturated rings. The summed E-state index contributed by atoms with van der Waals surface area (Å²) in [6.07, 6.45) is 3.94. The minimum Gasteiger partial charge on any atom is -0.399 e. The summed E-state index contributed by atoms with van der Waals surface area (Å²) in [6, 6.07) is 6.92. The van der Waals surface area contributed by atoms with Gasteiger partial charge in [0.2, 0.25) is 0 Å². The Morgan fingerprint density at radius 1 is 1.25 bits per heavy atom. The fourth-order valence-electron chi connectivity index (χ4n) is 1.59. The molecule has 2 aromatic rings. The van der Waals surface area contributed by atoms with Crippen LogP contribution in [-0.2, 0) is 6.42 Å². The van der Waals surface area contributed by atoms with Crippen molar-refractivity contribution in [2.24, 2.45) is 0 Å². The lowest BCUT2D eigenvalue weighted by atomic mass is 10.0. The maximum Gasteiger partial charge on any atom is 0.127 e. The van der Waals surface area contributed by atoms with Crippen molar-refractivity contribution in [1.29, 1.82) is 0 Å². The fourth-order valence-corrected chi connectivity index (χ4v) is 1.59. The monoisotopic (exact) mass is 216 g/mol. The molecule has 0 saturated carbocycles. The lowest BCUT2D eigenvalue weighted by Gasteiger charge is -2.07. The molecule has 0 aliphatic heterocycles. The van der Waals surface area contributed by atoms with Crippen molar-refractivity contribution in [1.82, 2.24) is 4.98 Å². The molecule has 0 spiro atoms. The smallest absolute Gasteiger partial charge is 0.127 e. The number of pyridine rings is 1. The first-order chi connectivity index (χ1) is 7.66. The van der Waals surface area contributed by atoms with Gasteiger partial charge in [0.1, 0.15) is 5.82 Å². The van der Waals surface area contributed by atoms with Gasteiger partial charge < -0.3 is 5.73 Å². The summed E-state index contributed by atoms with van der Waals surface area (Å²) < 4.78 is 13.6. The first-order valence-corrected chi connectivity index (χ1v) is 5.10. The average Bonchev–Trinajstić information content (AvgIpc) is 2.27. The van der Waals surface area contributed by atoms with Gasteiger partial charge in [0.25, 0.3) is 0 Å². The Hall–Kier alpha value is -1.90. The quantitative estimate of drug-likeness (QED) is 0.784. The minimum absolute atomic E-state index is 0.205. The molecular formula is C13H13FN2. The first-order valence-electron chi connectivity index (χ1n) is 5.10. The van der Waals surface area contributed by atoms with Crippen molar-refractivity contribution in [3.63, 3.8) is 0 Å². The van der Waals surface area contributed by atoms with Gasteiger partial charge in [0.15, 0.2) is 0 Å². The summed E-state index contributed by atoms with van der Waals surface area (Å²) in [5, 5.41) is 0. The van der Waals surface area contributed by atoms with Crippen LogP contribution >= 0.6 is 0 Å². The highest BCUT2D eigenvalue weighted by atomic mass is 19.1. The molecule has 1 heterocycles. The SMILES string of the molecule is Cc1cc(F)c(Cc2ccncc2)cc1N. The van der Waals surface area contributed by atoms with E-state index in [0.717, 1.165) is 11.1 Å². The van der Waals surface area contributed by atoms with Crippen LogP contribution in [0.4, 0.5) is 10.1 Å². The number of anilines is 1. The second-order valence-electron chi connectivity index (χ2n) is 3.83. The van der Waals surface area contributed by atoms with E-state index in [1.54, 1.807) is 25.4 Å². The van der Waals surface area contributed by atoms with Crippen LogP contribution in [-0.4, -0.2) is 4.98 Å². The number of halogens is 1. The molecule has 0 unspecified atom stereocenters. The highest BCUT2D eigenvalue weighted by Crippen LogP contribution is 2.19. The average molecular weight is 216 g/mol. The number of aryl methyl sites for hydroxylation is 1. The number of benzene rings is 1. The van der Waals surface area contributed by atoms with Gasteiger partial charge >= 0.3 is 0 Å². The summed E-state index contributed by atoms with van der Waals surface area (Å²) in [6.45, 7) is 1.80. The molecule has 0 saturated heterocycles. The third-order valence-electron chi connectivity index (χ3n) is 2.58. The standard InChI is InChI=1S/C13H13FN2/c1-9-6-12(14)11(8-13(9)15)7-10-2-4-16-5-3-10/h2-6,8H,7,15H2,1H3. The first kappa shape index (κ1) is 10.6. The molecule has 0 amide bonds. The number of aromatic nitrogens is 1. The van der Waals surface area contributed by atoms with Gasteiger partial charge in [-0.1, -0.05) is 0 Å². The molecule has 2 nitrogen and oxygen atoms in total. The molecule has 2 N–H and O–H groups in total. The Kier molecular flexibility index (Phi) is 2.86. The van der Waals surface area contributed by atoms with Gasteiger partial charge in [-0.15, -0.1) is 0 Å². The number of hydrogen-bond donors (Lipinski definition) is 1. The lowest BCUT2D eigenvalue weighted by Crippen LogP contribution is -1.98. The van der Waals surface area contributed by atoms with Gasteiger partial charge in [-0.3, -0.25) is 4.98 Å². The number of nitrogens with zero attached hydrogens (tertiary/aromatic N) is 1. The molecular weight excluding hydrogens is 203 g/mol.